The summed E-state index contributed by atoms with van der Waals surface area (Å²) in [5.41, 5.74) is -0.384. The molecule has 114 valence electrons. The lowest BCUT2D eigenvalue weighted by atomic mass is 10.0. The van der Waals surface area contributed by atoms with Crippen molar-refractivity contribution in [2.75, 3.05) is 19.6 Å². The number of piperidine rings is 1. The van der Waals surface area contributed by atoms with Crippen molar-refractivity contribution < 1.29 is 14.1 Å². The third kappa shape index (κ3) is 3.55. The SMILES string of the molecule is CCN(C(=O)c1cc(F)cc([N+](=O)[O-])c1)C1CCCNC1. The topological polar surface area (TPSA) is 75.5 Å². The van der Waals surface area contributed by atoms with Crippen LogP contribution in [0.5, 0.6) is 0 Å². The zero-order valence-electron chi connectivity index (χ0n) is 11.8. The molecule has 0 radical (unpaired) electrons. The van der Waals surface area contributed by atoms with Gasteiger partial charge >= 0.3 is 0 Å². The Labute approximate surface area is 122 Å². The van der Waals surface area contributed by atoms with Crippen LogP contribution in [0.1, 0.15) is 30.1 Å². The van der Waals surface area contributed by atoms with E-state index in [1.165, 1.54) is 0 Å². The molecule has 1 aliphatic heterocycles. The van der Waals surface area contributed by atoms with Crippen LogP contribution >= 0.6 is 0 Å². The van der Waals surface area contributed by atoms with Gasteiger partial charge in [0.15, 0.2) is 0 Å². The zero-order chi connectivity index (χ0) is 15.4. The lowest BCUT2D eigenvalue weighted by Crippen LogP contribution is -2.48. The van der Waals surface area contributed by atoms with Crippen LogP contribution in [0.3, 0.4) is 0 Å². The molecule has 0 spiro atoms. The van der Waals surface area contributed by atoms with Crippen molar-refractivity contribution in [3.05, 3.63) is 39.7 Å². The number of nitrogens with zero attached hydrogens (tertiary/aromatic N) is 2. The van der Waals surface area contributed by atoms with Crippen molar-refractivity contribution in [2.45, 2.75) is 25.8 Å². The largest absolute Gasteiger partial charge is 0.335 e. The molecule has 1 N–H and O–H groups in total. The number of non-ortho nitro benzene ring substituents is 1. The highest BCUT2D eigenvalue weighted by Gasteiger charge is 2.26. The van der Waals surface area contributed by atoms with Crippen molar-refractivity contribution in [1.29, 1.82) is 0 Å². The Morgan fingerprint density at radius 3 is 2.86 bits per heavy atom. The van der Waals surface area contributed by atoms with Gasteiger partial charge in [0.1, 0.15) is 5.82 Å². The van der Waals surface area contributed by atoms with Crippen LogP contribution in [0.4, 0.5) is 10.1 Å². The van der Waals surface area contributed by atoms with E-state index < -0.39 is 16.4 Å². The number of halogens is 1. The Bertz CT molecular complexity index is 544. The molecule has 6 nitrogen and oxygen atoms in total. The van der Waals surface area contributed by atoms with Crippen LogP contribution < -0.4 is 5.32 Å². The highest BCUT2D eigenvalue weighted by Crippen LogP contribution is 2.20. The predicted molar refractivity (Wildman–Crippen MR) is 75.7 cm³/mol. The fourth-order valence-electron chi connectivity index (χ4n) is 2.64. The van der Waals surface area contributed by atoms with E-state index in [0.717, 1.165) is 37.6 Å². The second-order valence-corrected chi connectivity index (χ2v) is 5.05. The standard InChI is InChI=1S/C14H18FN3O3/c1-2-17(12-4-3-5-16-9-12)14(19)10-6-11(15)8-13(7-10)18(20)21/h6-8,12,16H,2-5,9H2,1H3. The summed E-state index contributed by atoms with van der Waals surface area (Å²) >= 11 is 0. The molecule has 21 heavy (non-hydrogen) atoms. The quantitative estimate of drug-likeness (QED) is 0.680. The summed E-state index contributed by atoms with van der Waals surface area (Å²) in [7, 11) is 0. The average molecular weight is 295 g/mol. The van der Waals surface area contributed by atoms with Crippen LogP contribution in [0.15, 0.2) is 18.2 Å². The Morgan fingerprint density at radius 1 is 1.52 bits per heavy atom. The van der Waals surface area contributed by atoms with Gasteiger partial charge in [-0.2, -0.15) is 0 Å². The number of nitrogens with one attached hydrogen (secondary N) is 1. The summed E-state index contributed by atoms with van der Waals surface area (Å²) in [6.07, 6.45) is 1.85. The number of amides is 1. The van der Waals surface area contributed by atoms with Crippen LogP contribution in [-0.2, 0) is 0 Å². The molecule has 0 saturated carbocycles. The predicted octanol–water partition coefficient (Wildman–Crippen LogP) is 1.95. The number of likely N-dealkylation sites (N-methyl/N-ethyl adjacent to an activating group) is 1. The maximum Gasteiger partial charge on any atom is 0.273 e. The van der Waals surface area contributed by atoms with E-state index in [0.29, 0.717) is 13.1 Å². The molecular formula is C14H18FN3O3. The minimum absolute atomic E-state index is 0.0223. The molecule has 1 heterocycles. The number of nitro groups is 1. The van der Waals surface area contributed by atoms with Gasteiger partial charge in [0.2, 0.25) is 0 Å². The van der Waals surface area contributed by atoms with E-state index in [2.05, 4.69) is 5.32 Å². The minimum Gasteiger partial charge on any atom is -0.335 e. The molecule has 1 saturated heterocycles. The zero-order valence-corrected chi connectivity index (χ0v) is 11.8. The molecule has 1 unspecified atom stereocenters. The third-order valence-corrected chi connectivity index (χ3v) is 3.65. The van der Waals surface area contributed by atoms with Crippen molar-refractivity contribution in [3.8, 4) is 0 Å². The maximum absolute atomic E-state index is 13.5. The first-order chi connectivity index (χ1) is 10.0. The summed E-state index contributed by atoms with van der Waals surface area (Å²) in [5.74, 6) is -1.14. The Hall–Kier alpha value is -2.02. The fraction of sp³-hybridized carbons (Fsp3) is 0.500. The summed E-state index contributed by atoms with van der Waals surface area (Å²) in [4.78, 5) is 24.2. The molecular weight excluding hydrogens is 277 g/mol. The van der Waals surface area contributed by atoms with Gasteiger partial charge in [-0.05, 0) is 32.4 Å². The summed E-state index contributed by atoms with van der Waals surface area (Å²) in [6.45, 7) is 3.94. The Morgan fingerprint density at radius 2 is 2.29 bits per heavy atom. The van der Waals surface area contributed by atoms with E-state index in [9.17, 15) is 19.3 Å². The summed E-state index contributed by atoms with van der Waals surface area (Å²) < 4.78 is 13.5. The highest BCUT2D eigenvalue weighted by molar-refractivity contribution is 5.95. The van der Waals surface area contributed by atoms with E-state index in [1.54, 1.807) is 4.90 Å². The third-order valence-electron chi connectivity index (χ3n) is 3.65. The van der Waals surface area contributed by atoms with E-state index >= 15 is 0 Å². The van der Waals surface area contributed by atoms with Crippen LogP contribution in [0.2, 0.25) is 0 Å². The van der Waals surface area contributed by atoms with Gasteiger partial charge in [-0.3, -0.25) is 14.9 Å². The lowest BCUT2D eigenvalue weighted by molar-refractivity contribution is -0.385. The monoisotopic (exact) mass is 295 g/mol. The number of carbonyl (C=O) groups excluding carboxylic acids is 1. The second kappa shape index (κ2) is 6.62. The molecule has 0 aliphatic carbocycles. The first-order valence-corrected chi connectivity index (χ1v) is 6.99. The molecule has 7 heteroatoms. The molecule has 1 aromatic rings. The van der Waals surface area contributed by atoms with Crippen LogP contribution in [0.25, 0.3) is 0 Å². The van der Waals surface area contributed by atoms with Gasteiger partial charge in [0.05, 0.1) is 11.0 Å². The van der Waals surface area contributed by atoms with E-state index in [-0.39, 0.29) is 17.5 Å². The van der Waals surface area contributed by atoms with Gasteiger partial charge in [-0.15, -0.1) is 0 Å². The average Bonchev–Trinajstić information content (AvgIpc) is 2.48. The number of carbonyl (C=O) groups is 1. The molecule has 1 atom stereocenters. The lowest BCUT2D eigenvalue weighted by Gasteiger charge is -2.34. The fourth-order valence-corrected chi connectivity index (χ4v) is 2.64. The van der Waals surface area contributed by atoms with Gasteiger partial charge in [-0.25, -0.2) is 4.39 Å². The number of nitro benzene ring substituents is 1. The number of benzene rings is 1. The summed E-state index contributed by atoms with van der Waals surface area (Å²) in [6, 6.07) is 3.03. The van der Waals surface area contributed by atoms with Crippen molar-refractivity contribution >= 4 is 11.6 Å². The van der Waals surface area contributed by atoms with Crippen molar-refractivity contribution in [1.82, 2.24) is 10.2 Å². The Balaban J connectivity index is 2.26. The number of hydrogen-bond acceptors (Lipinski definition) is 4. The van der Waals surface area contributed by atoms with Crippen LogP contribution in [0, 0.1) is 15.9 Å². The van der Waals surface area contributed by atoms with Gasteiger partial charge < -0.3 is 10.2 Å². The molecule has 1 fully saturated rings. The minimum atomic E-state index is -0.773. The molecule has 0 bridgehead atoms. The van der Waals surface area contributed by atoms with Crippen molar-refractivity contribution in [2.24, 2.45) is 0 Å². The highest BCUT2D eigenvalue weighted by atomic mass is 19.1. The van der Waals surface area contributed by atoms with Gasteiger partial charge in [0, 0.05) is 30.8 Å². The molecule has 1 aliphatic rings. The van der Waals surface area contributed by atoms with Gasteiger partial charge in [0.25, 0.3) is 11.6 Å². The Kier molecular flexibility index (Phi) is 4.85. The normalized spacial score (nSPS) is 18.3. The molecule has 2 rings (SSSR count). The molecule has 1 amide bonds. The second-order valence-electron chi connectivity index (χ2n) is 5.05. The number of rotatable bonds is 4. The smallest absolute Gasteiger partial charge is 0.273 e. The van der Waals surface area contributed by atoms with Gasteiger partial charge in [-0.1, -0.05) is 0 Å². The first kappa shape index (κ1) is 15.4. The summed E-state index contributed by atoms with van der Waals surface area (Å²) in [5, 5.41) is 14.0. The molecule has 0 aromatic heterocycles. The van der Waals surface area contributed by atoms with E-state index in [1.807, 2.05) is 6.92 Å². The van der Waals surface area contributed by atoms with Crippen LogP contribution in [-0.4, -0.2) is 41.4 Å². The van der Waals surface area contributed by atoms with Crippen molar-refractivity contribution in [3.63, 3.8) is 0 Å². The molecule has 1 aromatic carbocycles. The maximum atomic E-state index is 13.5. The number of hydrogen-bond donors (Lipinski definition) is 1. The first-order valence-electron chi connectivity index (χ1n) is 6.99. The van der Waals surface area contributed by atoms with E-state index in [4.69, 9.17) is 0 Å².